The first-order valence-corrected chi connectivity index (χ1v) is 8.47. The molecular formula is C21H22N4O. The van der Waals surface area contributed by atoms with Gasteiger partial charge in [0.15, 0.2) is 0 Å². The van der Waals surface area contributed by atoms with E-state index in [1.165, 1.54) is 23.5 Å². The molecule has 1 heterocycles. The minimum Gasteiger partial charge on any atom is -0.324 e. The van der Waals surface area contributed by atoms with Crippen molar-refractivity contribution >= 4 is 23.2 Å². The van der Waals surface area contributed by atoms with E-state index in [9.17, 15) is 4.79 Å². The summed E-state index contributed by atoms with van der Waals surface area (Å²) < 4.78 is 0. The van der Waals surface area contributed by atoms with Gasteiger partial charge in [-0.2, -0.15) is 0 Å². The third kappa shape index (κ3) is 4.25. The molecule has 2 N–H and O–H groups in total. The number of carbonyl (C=O) groups is 1. The summed E-state index contributed by atoms with van der Waals surface area (Å²) in [7, 11) is 0. The normalized spacial score (nSPS) is 10.5. The third-order valence-corrected chi connectivity index (χ3v) is 4.16. The van der Waals surface area contributed by atoms with Crippen molar-refractivity contribution in [2.45, 2.75) is 27.7 Å². The average molecular weight is 346 g/mol. The van der Waals surface area contributed by atoms with Gasteiger partial charge in [-0.1, -0.05) is 12.1 Å². The standard InChI is InChI=1S/C21H22N4O/c1-13-7-14(2)9-19(8-13)24-20(26)17-11-22-21(23-12-17)25-18-6-5-15(3)16(4)10-18/h5-12H,1-4H3,(H,24,26)(H,22,23,25). The van der Waals surface area contributed by atoms with Crippen LogP contribution in [0.15, 0.2) is 48.8 Å². The topological polar surface area (TPSA) is 66.9 Å². The summed E-state index contributed by atoms with van der Waals surface area (Å²) in [5.41, 5.74) is 6.73. The summed E-state index contributed by atoms with van der Waals surface area (Å²) in [5.74, 6) is 0.226. The minimum absolute atomic E-state index is 0.229. The fourth-order valence-electron chi connectivity index (χ4n) is 2.71. The number of nitrogens with zero attached hydrogens (tertiary/aromatic N) is 2. The highest BCUT2D eigenvalue weighted by Crippen LogP contribution is 2.18. The molecule has 5 heteroatoms. The lowest BCUT2D eigenvalue weighted by Gasteiger charge is -2.09. The second-order valence-electron chi connectivity index (χ2n) is 6.55. The Bertz CT molecular complexity index is 928. The SMILES string of the molecule is Cc1cc(C)cc(NC(=O)c2cnc(Nc3ccc(C)c(C)c3)nc2)c1. The molecule has 0 aliphatic heterocycles. The van der Waals surface area contributed by atoms with Crippen LogP contribution in [0.25, 0.3) is 0 Å². The molecule has 0 saturated carbocycles. The van der Waals surface area contributed by atoms with Crippen molar-refractivity contribution in [1.29, 1.82) is 0 Å². The van der Waals surface area contributed by atoms with Crippen molar-refractivity contribution in [3.05, 3.63) is 76.6 Å². The van der Waals surface area contributed by atoms with Gasteiger partial charge in [0.2, 0.25) is 5.95 Å². The Morgan fingerprint density at radius 2 is 1.46 bits per heavy atom. The molecule has 0 radical (unpaired) electrons. The van der Waals surface area contributed by atoms with E-state index in [4.69, 9.17) is 0 Å². The van der Waals surface area contributed by atoms with Crippen LogP contribution in [0.1, 0.15) is 32.6 Å². The fourth-order valence-corrected chi connectivity index (χ4v) is 2.71. The predicted molar refractivity (Wildman–Crippen MR) is 105 cm³/mol. The lowest BCUT2D eigenvalue weighted by atomic mass is 10.1. The van der Waals surface area contributed by atoms with E-state index in [1.807, 2.05) is 44.2 Å². The first-order valence-electron chi connectivity index (χ1n) is 8.47. The zero-order valence-electron chi connectivity index (χ0n) is 15.4. The van der Waals surface area contributed by atoms with Gasteiger partial charge in [0.05, 0.1) is 5.56 Å². The highest BCUT2D eigenvalue weighted by Gasteiger charge is 2.09. The molecule has 0 bridgehead atoms. The molecule has 0 aliphatic carbocycles. The van der Waals surface area contributed by atoms with Crippen molar-refractivity contribution in [3.63, 3.8) is 0 Å². The largest absolute Gasteiger partial charge is 0.324 e. The van der Waals surface area contributed by atoms with Gasteiger partial charge in [-0.25, -0.2) is 9.97 Å². The van der Waals surface area contributed by atoms with E-state index >= 15 is 0 Å². The van der Waals surface area contributed by atoms with Gasteiger partial charge in [-0.3, -0.25) is 4.79 Å². The molecule has 3 rings (SSSR count). The zero-order chi connectivity index (χ0) is 18.7. The number of aromatic nitrogens is 2. The van der Waals surface area contributed by atoms with Gasteiger partial charge < -0.3 is 10.6 Å². The fraction of sp³-hybridized carbons (Fsp3) is 0.190. The van der Waals surface area contributed by atoms with E-state index in [-0.39, 0.29) is 5.91 Å². The van der Waals surface area contributed by atoms with Gasteiger partial charge >= 0.3 is 0 Å². The number of anilines is 3. The lowest BCUT2D eigenvalue weighted by molar-refractivity contribution is 0.102. The van der Waals surface area contributed by atoms with E-state index in [0.717, 1.165) is 22.5 Å². The van der Waals surface area contributed by atoms with Crippen LogP contribution >= 0.6 is 0 Å². The average Bonchev–Trinajstić information content (AvgIpc) is 2.58. The van der Waals surface area contributed by atoms with Crippen LogP contribution in [0.5, 0.6) is 0 Å². The molecule has 0 unspecified atom stereocenters. The molecule has 0 atom stereocenters. The Morgan fingerprint density at radius 3 is 2.08 bits per heavy atom. The maximum absolute atomic E-state index is 12.4. The van der Waals surface area contributed by atoms with Gasteiger partial charge in [0.1, 0.15) is 0 Å². The van der Waals surface area contributed by atoms with Crippen molar-refractivity contribution in [2.24, 2.45) is 0 Å². The molecule has 1 amide bonds. The number of aryl methyl sites for hydroxylation is 4. The smallest absolute Gasteiger partial charge is 0.258 e. The maximum atomic E-state index is 12.4. The highest BCUT2D eigenvalue weighted by molar-refractivity contribution is 6.04. The van der Waals surface area contributed by atoms with Crippen LogP contribution < -0.4 is 10.6 Å². The summed E-state index contributed by atoms with van der Waals surface area (Å²) in [6, 6.07) is 12.0. The van der Waals surface area contributed by atoms with Gasteiger partial charge in [-0.05, 0) is 74.2 Å². The lowest BCUT2D eigenvalue weighted by Crippen LogP contribution is -2.13. The van der Waals surface area contributed by atoms with Crippen LogP contribution in [0, 0.1) is 27.7 Å². The summed E-state index contributed by atoms with van der Waals surface area (Å²) in [6.07, 6.45) is 3.04. The first kappa shape index (κ1) is 17.6. The Labute approximate surface area is 153 Å². The number of benzene rings is 2. The van der Waals surface area contributed by atoms with Crippen LogP contribution in [0.2, 0.25) is 0 Å². The van der Waals surface area contributed by atoms with E-state index in [1.54, 1.807) is 0 Å². The molecular weight excluding hydrogens is 324 g/mol. The molecule has 0 spiro atoms. The Kier molecular flexibility index (Phi) is 4.98. The molecule has 0 fully saturated rings. The first-order chi connectivity index (χ1) is 12.4. The third-order valence-electron chi connectivity index (χ3n) is 4.16. The van der Waals surface area contributed by atoms with Gasteiger partial charge in [0, 0.05) is 23.8 Å². The monoisotopic (exact) mass is 346 g/mol. The van der Waals surface area contributed by atoms with E-state index < -0.39 is 0 Å². The molecule has 0 aliphatic rings. The zero-order valence-corrected chi connectivity index (χ0v) is 15.4. The Balaban J connectivity index is 1.70. The van der Waals surface area contributed by atoms with E-state index in [0.29, 0.717) is 11.5 Å². The van der Waals surface area contributed by atoms with E-state index in [2.05, 4.69) is 40.5 Å². The second kappa shape index (κ2) is 7.35. The van der Waals surface area contributed by atoms with Crippen LogP contribution in [-0.2, 0) is 0 Å². The Hall–Kier alpha value is -3.21. The van der Waals surface area contributed by atoms with Crippen molar-refractivity contribution < 1.29 is 4.79 Å². The van der Waals surface area contributed by atoms with Crippen molar-refractivity contribution in [2.75, 3.05) is 10.6 Å². The van der Waals surface area contributed by atoms with Gasteiger partial charge in [0.25, 0.3) is 5.91 Å². The summed E-state index contributed by atoms with van der Waals surface area (Å²) in [4.78, 5) is 20.9. The summed E-state index contributed by atoms with van der Waals surface area (Å²) in [6.45, 7) is 8.12. The number of rotatable bonds is 4. The quantitative estimate of drug-likeness (QED) is 0.718. The van der Waals surface area contributed by atoms with Crippen LogP contribution in [-0.4, -0.2) is 15.9 Å². The van der Waals surface area contributed by atoms with Crippen LogP contribution in [0.3, 0.4) is 0 Å². The number of hydrogen-bond acceptors (Lipinski definition) is 4. The maximum Gasteiger partial charge on any atom is 0.258 e. The minimum atomic E-state index is -0.229. The van der Waals surface area contributed by atoms with Crippen molar-refractivity contribution in [3.8, 4) is 0 Å². The van der Waals surface area contributed by atoms with Crippen molar-refractivity contribution in [1.82, 2.24) is 9.97 Å². The molecule has 2 aromatic carbocycles. The Morgan fingerprint density at radius 1 is 0.808 bits per heavy atom. The number of hydrogen-bond donors (Lipinski definition) is 2. The second-order valence-corrected chi connectivity index (χ2v) is 6.55. The molecule has 0 saturated heterocycles. The van der Waals surface area contributed by atoms with Gasteiger partial charge in [-0.15, -0.1) is 0 Å². The number of carbonyl (C=O) groups excluding carboxylic acids is 1. The molecule has 5 nitrogen and oxygen atoms in total. The molecule has 1 aromatic heterocycles. The highest BCUT2D eigenvalue weighted by atomic mass is 16.1. The van der Waals surface area contributed by atoms with Crippen LogP contribution in [0.4, 0.5) is 17.3 Å². The summed E-state index contributed by atoms with van der Waals surface area (Å²) in [5, 5.41) is 6.03. The number of nitrogens with one attached hydrogen (secondary N) is 2. The molecule has 132 valence electrons. The number of amides is 1. The molecule has 26 heavy (non-hydrogen) atoms. The predicted octanol–water partition coefficient (Wildman–Crippen LogP) is 4.71. The summed E-state index contributed by atoms with van der Waals surface area (Å²) >= 11 is 0. The molecule has 3 aromatic rings.